The molecule has 1 unspecified atom stereocenters. The lowest BCUT2D eigenvalue weighted by Gasteiger charge is -2.10. The Kier molecular flexibility index (Phi) is 3.89. The molecule has 0 aliphatic heterocycles. The molecule has 0 amide bonds. The summed E-state index contributed by atoms with van der Waals surface area (Å²) >= 11 is 0. The van der Waals surface area contributed by atoms with E-state index >= 15 is 0 Å². The number of hydrogen-bond donors (Lipinski definition) is 1. The van der Waals surface area contributed by atoms with E-state index in [1.807, 2.05) is 6.92 Å². The zero-order valence-electron chi connectivity index (χ0n) is 8.46. The maximum absolute atomic E-state index is 12.9. The van der Waals surface area contributed by atoms with E-state index in [9.17, 15) is 9.50 Å². The highest BCUT2D eigenvalue weighted by molar-refractivity contribution is 5.28. The van der Waals surface area contributed by atoms with Crippen molar-refractivity contribution in [2.45, 2.75) is 26.4 Å². The summed E-state index contributed by atoms with van der Waals surface area (Å²) < 4.78 is 18.1. The molecule has 1 aromatic carbocycles. The summed E-state index contributed by atoms with van der Waals surface area (Å²) in [4.78, 5) is 0. The summed E-state index contributed by atoms with van der Waals surface area (Å²) in [7, 11) is 0. The van der Waals surface area contributed by atoms with Crippen molar-refractivity contribution < 1.29 is 14.2 Å². The molecule has 0 aliphatic carbocycles. The normalized spacial score (nSPS) is 12.6. The van der Waals surface area contributed by atoms with Crippen LogP contribution in [0.25, 0.3) is 0 Å². The van der Waals surface area contributed by atoms with Crippen LogP contribution in [0, 0.1) is 12.7 Å². The quantitative estimate of drug-likeness (QED) is 0.804. The average molecular weight is 198 g/mol. The molecule has 78 valence electrons. The Morgan fingerprint density at radius 3 is 2.79 bits per heavy atom. The first-order chi connectivity index (χ1) is 6.63. The molecule has 0 saturated heterocycles. The van der Waals surface area contributed by atoms with Crippen LogP contribution in [0.5, 0.6) is 5.75 Å². The van der Waals surface area contributed by atoms with Gasteiger partial charge in [0.2, 0.25) is 0 Å². The van der Waals surface area contributed by atoms with E-state index in [0.29, 0.717) is 17.7 Å². The lowest BCUT2D eigenvalue weighted by molar-refractivity contribution is 0.104. The molecule has 0 spiro atoms. The largest absolute Gasteiger partial charge is 0.491 e. The van der Waals surface area contributed by atoms with Gasteiger partial charge >= 0.3 is 0 Å². The minimum Gasteiger partial charge on any atom is -0.491 e. The van der Waals surface area contributed by atoms with Crippen LogP contribution in [-0.2, 0) is 0 Å². The van der Waals surface area contributed by atoms with E-state index in [1.54, 1.807) is 19.1 Å². The number of rotatable bonds is 4. The van der Waals surface area contributed by atoms with E-state index in [0.717, 1.165) is 0 Å². The average Bonchev–Trinajstić information content (AvgIpc) is 2.19. The van der Waals surface area contributed by atoms with Crippen molar-refractivity contribution in [3.05, 3.63) is 29.6 Å². The summed E-state index contributed by atoms with van der Waals surface area (Å²) in [6.45, 7) is 3.81. The molecular formula is C11H15FO2. The molecule has 1 N–H and O–H groups in total. The van der Waals surface area contributed by atoms with Gasteiger partial charge in [-0.15, -0.1) is 0 Å². The van der Waals surface area contributed by atoms with Crippen molar-refractivity contribution in [1.29, 1.82) is 0 Å². The fraction of sp³-hybridized carbons (Fsp3) is 0.455. The van der Waals surface area contributed by atoms with Crippen molar-refractivity contribution >= 4 is 0 Å². The Labute approximate surface area is 83.3 Å². The van der Waals surface area contributed by atoms with Crippen molar-refractivity contribution in [2.75, 3.05) is 6.61 Å². The fourth-order valence-corrected chi connectivity index (χ4v) is 1.02. The second-order valence-electron chi connectivity index (χ2n) is 3.28. The highest BCUT2D eigenvalue weighted by atomic mass is 19.1. The smallest absolute Gasteiger partial charge is 0.126 e. The van der Waals surface area contributed by atoms with Gasteiger partial charge in [-0.1, -0.05) is 6.92 Å². The summed E-state index contributed by atoms with van der Waals surface area (Å²) in [6, 6.07) is 4.55. The number of benzene rings is 1. The van der Waals surface area contributed by atoms with Crippen LogP contribution in [0.4, 0.5) is 4.39 Å². The maximum atomic E-state index is 12.9. The first kappa shape index (κ1) is 11.0. The molecule has 0 aromatic heterocycles. The van der Waals surface area contributed by atoms with Gasteiger partial charge in [0.25, 0.3) is 0 Å². The molecule has 3 heteroatoms. The highest BCUT2D eigenvalue weighted by Crippen LogP contribution is 2.16. The topological polar surface area (TPSA) is 29.5 Å². The minimum atomic E-state index is -0.458. The Hall–Kier alpha value is -1.09. The van der Waals surface area contributed by atoms with E-state index in [-0.39, 0.29) is 12.4 Å². The second kappa shape index (κ2) is 4.96. The molecule has 0 fully saturated rings. The number of aliphatic hydroxyl groups is 1. The van der Waals surface area contributed by atoms with Crippen LogP contribution < -0.4 is 4.74 Å². The zero-order valence-corrected chi connectivity index (χ0v) is 8.46. The third kappa shape index (κ3) is 3.00. The van der Waals surface area contributed by atoms with Crippen LogP contribution in [0.15, 0.2) is 18.2 Å². The predicted molar refractivity (Wildman–Crippen MR) is 52.9 cm³/mol. The lowest BCUT2D eigenvalue weighted by atomic mass is 10.2. The Morgan fingerprint density at radius 1 is 1.50 bits per heavy atom. The Balaban J connectivity index is 2.55. The number of halogens is 1. The lowest BCUT2D eigenvalue weighted by Crippen LogP contribution is -2.16. The fourth-order valence-electron chi connectivity index (χ4n) is 1.02. The van der Waals surface area contributed by atoms with Crippen LogP contribution >= 0.6 is 0 Å². The zero-order chi connectivity index (χ0) is 10.6. The Morgan fingerprint density at radius 2 is 2.21 bits per heavy atom. The van der Waals surface area contributed by atoms with Gasteiger partial charge < -0.3 is 9.84 Å². The molecule has 1 aromatic rings. The van der Waals surface area contributed by atoms with E-state index < -0.39 is 6.10 Å². The van der Waals surface area contributed by atoms with Gasteiger partial charge in [-0.2, -0.15) is 0 Å². The molecule has 0 bridgehead atoms. The molecule has 1 rings (SSSR count). The van der Waals surface area contributed by atoms with Gasteiger partial charge in [0.05, 0.1) is 6.10 Å². The van der Waals surface area contributed by atoms with Gasteiger partial charge in [-0.25, -0.2) is 4.39 Å². The predicted octanol–water partition coefficient (Wildman–Crippen LogP) is 2.28. The molecule has 2 nitrogen and oxygen atoms in total. The van der Waals surface area contributed by atoms with Gasteiger partial charge in [0, 0.05) is 0 Å². The summed E-state index contributed by atoms with van der Waals surface area (Å²) in [5.41, 5.74) is 0.550. The van der Waals surface area contributed by atoms with Crippen molar-refractivity contribution in [2.24, 2.45) is 0 Å². The minimum absolute atomic E-state index is 0.242. The van der Waals surface area contributed by atoms with E-state index in [1.165, 1.54) is 6.07 Å². The second-order valence-corrected chi connectivity index (χ2v) is 3.28. The van der Waals surface area contributed by atoms with Crippen molar-refractivity contribution in [1.82, 2.24) is 0 Å². The summed E-state index contributed by atoms with van der Waals surface area (Å²) in [5.74, 6) is 0.352. The van der Waals surface area contributed by atoms with Crippen molar-refractivity contribution in [3.63, 3.8) is 0 Å². The van der Waals surface area contributed by atoms with Gasteiger partial charge in [-0.05, 0) is 37.1 Å². The van der Waals surface area contributed by atoms with Gasteiger partial charge in [0.15, 0.2) is 0 Å². The van der Waals surface area contributed by atoms with E-state index in [4.69, 9.17) is 4.74 Å². The molecule has 1 atom stereocenters. The number of aliphatic hydroxyl groups excluding tert-OH is 1. The SMILES string of the molecule is CCC(O)COc1ccc(F)c(C)c1. The van der Waals surface area contributed by atoms with Crippen molar-refractivity contribution in [3.8, 4) is 5.75 Å². The molecule has 0 radical (unpaired) electrons. The summed E-state index contributed by atoms with van der Waals surface area (Å²) in [5, 5.41) is 9.24. The standard InChI is InChI=1S/C11H15FO2/c1-3-9(13)7-14-10-4-5-11(12)8(2)6-10/h4-6,9,13H,3,7H2,1-2H3. The maximum Gasteiger partial charge on any atom is 0.126 e. The molecule has 0 heterocycles. The van der Waals surface area contributed by atoms with Crippen LogP contribution in [0.1, 0.15) is 18.9 Å². The third-order valence-electron chi connectivity index (χ3n) is 2.04. The van der Waals surface area contributed by atoms with Crippen LogP contribution in [0.3, 0.4) is 0 Å². The van der Waals surface area contributed by atoms with Gasteiger partial charge in [-0.3, -0.25) is 0 Å². The molecule has 0 saturated carbocycles. The van der Waals surface area contributed by atoms with Crippen LogP contribution in [0.2, 0.25) is 0 Å². The highest BCUT2D eigenvalue weighted by Gasteiger charge is 2.03. The van der Waals surface area contributed by atoms with Crippen LogP contribution in [-0.4, -0.2) is 17.8 Å². The molecular weight excluding hydrogens is 183 g/mol. The first-order valence-electron chi connectivity index (χ1n) is 4.70. The molecule has 0 aliphatic rings. The third-order valence-corrected chi connectivity index (χ3v) is 2.04. The number of hydrogen-bond acceptors (Lipinski definition) is 2. The van der Waals surface area contributed by atoms with Gasteiger partial charge in [0.1, 0.15) is 18.2 Å². The Bertz CT molecular complexity index is 299. The summed E-state index contributed by atoms with van der Waals surface area (Å²) in [6.07, 6.45) is 0.195. The van der Waals surface area contributed by atoms with E-state index in [2.05, 4.69) is 0 Å². The molecule has 14 heavy (non-hydrogen) atoms. The monoisotopic (exact) mass is 198 g/mol. The number of aryl methyl sites for hydroxylation is 1. The first-order valence-corrected chi connectivity index (χ1v) is 4.70. The number of ether oxygens (including phenoxy) is 1.